The molecule has 1 aliphatic heterocycles. The van der Waals surface area contributed by atoms with Crippen LogP contribution in [0.25, 0.3) is 5.65 Å². The average molecular weight is 434 g/mol. The maximum Gasteiger partial charge on any atom is 0.272 e. The molecule has 2 atom stereocenters. The van der Waals surface area contributed by atoms with E-state index in [2.05, 4.69) is 26.6 Å². The molecule has 3 heterocycles. The van der Waals surface area contributed by atoms with Crippen LogP contribution >= 0.6 is 0 Å². The molecule has 1 saturated heterocycles. The number of nitrogens with zero attached hydrogens (tertiary/aromatic N) is 3. The van der Waals surface area contributed by atoms with Crippen LogP contribution in [-0.4, -0.2) is 40.3 Å². The first kappa shape index (κ1) is 21.9. The van der Waals surface area contributed by atoms with Crippen molar-refractivity contribution in [1.29, 1.82) is 0 Å². The lowest BCUT2D eigenvalue weighted by molar-refractivity contribution is -0.119. The first-order valence-corrected chi connectivity index (χ1v) is 11.4. The van der Waals surface area contributed by atoms with Crippen LogP contribution in [0.15, 0.2) is 48.8 Å². The molecule has 2 N–H and O–H groups in total. The van der Waals surface area contributed by atoms with Crippen molar-refractivity contribution < 1.29 is 9.59 Å². The Morgan fingerprint density at radius 3 is 2.69 bits per heavy atom. The maximum absolute atomic E-state index is 13.2. The van der Waals surface area contributed by atoms with E-state index in [-0.39, 0.29) is 17.7 Å². The zero-order valence-electron chi connectivity index (χ0n) is 19.0. The van der Waals surface area contributed by atoms with Gasteiger partial charge in [0.15, 0.2) is 0 Å². The summed E-state index contributed by atoms with van der Waals surface area (Å²) < 4.78 is 1.81. The zero-order chi connectivity index (χ0) is 22.7. The molecule has 3 aromatic rings. The highest BCUT2D eigenvalue weighted by Gasteiger charge is 2.27. The summed E-state index contributed by atoms with van der Waals surface area (Å²) in [5.41, 5.74) is 3.93. The van der Waals surface area contributed by atoms with Gasteiger partial charge in [0.1, 0.15) is 17.4 Å². The Balaban J connectivity index is 1.49. The number of fused-ring (bicyclic) bond motifs is 1. The quantitative estimate of drug-likeness (QED) is 0.590. The third-order valence-corrected chi connectivity index (χ3v) is 6.22. The molecule has 4 rings (SSSR count). The number of carbonyl (C=O) groups is 2. The normalized spacial score (nSPS) is 15.5. The van der Waals surface area contributed by atoms with Gasteiger partial charge in [-0.1, -0.05) is 26.3 Å². The van der Waals surface area contributed by atoms with Crippen molar-refractivity contribution in [3.63, 3.8) is 0 Å². The van der Waals surface area contributed by atoms with E-state index in [1.165, 1.54) is 12.8 Å². The van der Waals surface area contributed by atoms with Crippen molar-refractivity contribution in [3.05, 3.63) is 60.0 Å². The largest absolute Gasteiger partial charge is 0.371 e. The first-order chi connectivity index (χ1) is 15.4. The molecular weight excluding hydrogens is 402 g/mol. The maximum atomic E-state index is 13.2. The molecule has 168 valence electrons. The van der Waals surface area contributed by atoms with Gasteiger partial charge in [0.05, 0.1) is 0 Å². The second-order valence-corrected chi connectivity index (χ2v) is 8.67. The van der Waals surface area contributed by atoms with E-state index in [1.807, 2.05) is 61.7 Å². The highest BCUT2D eigenvalue weighted by molar-refractivity contribution is 6.01. The molecule has 2 amide bonds. The van der Waals surface area contributed by atoms with Crippen molar-refractivity contribution in [3.8, 4) is 0 Å². The molecule has 1 fully saturated rings. The highest BCUT2D eigenvalue weighted by atomic mass is 16.2. The van der Waals surface area contributed by atoms with Gasteiger partial charge in [0, 0.05) is 36.9 Å². The van der Waals surface area contributed by atoms with Gasteiger partial charge < -0.3 is 19.9 Å². The molecule has 1 aliphatic rings. The van der Waals surface area contributed by atoms with Gasteiger partial charge in [-0.3, -0.25) is 9.59 Å². The van der Waals surface area contributed by atoms with Crippen molar-refractivity contribution in [2.45, 2.75) is 46.1 Å². The van der Waals surface area contributed by atoms with Crippen LogP contribution in [0.2, 0.25) is 0 Å². The predicted molar refractivity (Wildman–Crippen MR) is 127 cm³/mol. The molecular formula is C25H31N5O2. The molecule has 32 heavy (non-hydrogen) atoms. The van der Waals surface area contributed by atoms with Gasteiger partial charge in [-0.25, -0.2) is 4.98 Å². The number of imidazole rings is 1. The lowest BCUT2D eigenvalue weighted by Gasteiger charge is -2.24. The van der Waals surface area contributed by atoms with Crippen LogP contribution in [0.5, 0.6) is 0 Å². The van der Waals surface area contributed by atoms with E-state index in [0.29, 0.717) is 11.3 Å². The molecule has 0 radical (unpaired) electrons. The monoisotopic (exact) mass is 433 g/mol. The number of anilines is 2. The topological polar surface area (TPSA) is 78.7 Å². The minimum atomic E-state index is -0.658. The van der Waals surface area contributed by atoms with E-state index < -0.39 is 6.04 Å². The molecule has 1 aromatic carbocycles. The van der Waals surface area contributed by atoms with Gasteiger partial charge in [-0.05, 0) is 61.6 Å². The molecule has 7 nitrogen and oxygen atoms in total. The van der Waals surface area contributed by atoms with Crippen LogP contribution in [0.1, 0.15) is 49.2 Å². The SMILES string of the molecule is CC[C@H](C)[C@H](NC(=O)c1cn2ccc(C)cc2n1)C(=O)Nc1cccc(N2CCCC2)c1. The molecule has 0 bridgehead atoms. The van der Waals surface area contributed by atoms with Gasteiger partial charge in [0.2, 0.25) is 5.91 Å². The third kappa shape index (κ3) is 4.77. The molecule has 0 saturated carbocycles. The Bertz CT molecular complexity index is 1120. The van der Waals surface area contributed by atoms with Crippen LogP contribution in [0.4, 0.5) is 11.4 Å². The van der Waals surface area contributed by atoms with Crippen molar-refractivity contribution >= 4 is 28.8 Å². The highest BCUT2D eigenvalue weighted by Crippen LogP contribution is 2.24. The Morgan fingerprint density at radius 1 is 1.16 bits per heavy atom. The zero-order valence-corrected chi connectivity index (χ0v) is 19.0. The number of aromatic nitrogens is 2. The lowest BCUT2D eigenvalue weighted by Crippen LogP contribution is -2.47. The summed E-state index contributed by atoms with van der Waals surface area (Å²) in [4.78, 5) is 32.9. The van der Waals surface area contributed by atoms with E-state index in [0.717, 1.165) is 36.4 Å². The Hall–Kier alpha value is -3.35. The average Bonchev–Trinajstić information content (AvgIpc) is 3.46. The molecule has 7 heteroatoms. The van der Waals surface area contributed by atoms with Crippen LogP contribution < -0.4 is 15.5 Å². The summed E-state index contributed by atoms with van der Waals surface area (Å²) >= 11 is 0. The minimum absolute atomic E-state index is 0.0278. The number of pyridine rings is 1. The summed E-state index contributed by atoms with van der Waals surface area (Å²) in [7, 11) is 0. The first-order valence-electron chi connectivity index (χ1n) is 11.4. The number of nitrogens with one attached hydrogen (secondary N) is 2. The Morgan fingerprint density at radius 2 is 1.94 bits per heavy atom. The molecule has 0 aliphatic carbocycles. The van der Waals surface area contributed by atoms with E-state index >= 15 is 0 Å². The summed E-state index contributed by atoms with van der Waals surface area (Å²) in [6, 6.07) is 11.1. The molecule has 0 spiro atoms. The summed E-state index contributed by atoms with van der Waals surface area (Å²) in [5.74, 6) is -0.594. The number of benzene rings is 1. The summed E-state index contributed by atoms with van der Waals surface area (Å²) in [5, 5.41) is 5.92. The number of amides is 2. The number of rotatable bonds is 7. The number of carbonyl (C=O) groups excluding carboxylic acids is 2. The van der Waals surface area contributed by atoms with Crippen molar-refractivity contribution in [2.75, 3.05) is 23.3 Å². The number of hydrogen-bond donors (Lipinski definition) is 2. The minimum Gasteiger partial charge on any atom is -0.371 e. The number of aryl methyl sites for hydroxylation is 1. The second kappa shape index (κ2) is 9.42. The van der Waals surface area contributed by atoms with E-state index in [9.17, 15) is 9.59 Å². The van der Waals surface area contributed by atoms with Crippen LogP contribution in [-0.2, 0) is 4.79 Å². The van der Waals surface area contributed by atoms with Gasteiger partial charge in [0.25, 0.3) is 5.91 Å². The molecule has 2 aromatic heterocycles. The fourth-order valence-corrected chi connectivity index (χ4v) is 4.09. The van der Waals surface area contributed by atoms with Crippen molar-refractivity contribution in [2.24, 2.45) is 5.92 Å². The predicted octanol–water partition coefficient (Wildman–Crippen LogP) is 4.03. The number of hydrogen-bond acceptors (Lipinski definition) is 4. The van der Waals surface area contributed by atoms with Gasteiger partial charge >= 0.3 is 0 Å². The fourth-order valence-electron chi connectivity index (χ4n) is 4.09. The second-order valence-electron chi connectivity index (χ2n) is 8.67. The standard InChI is InChI=1S/C25H31N5O2/c1-4-18(3)23(28-24(31)21-16-30-13-10-17(2)14-22(30)27-21)25(32)26-19-8-7-9-20(15-19)29-11-5-6-12-29/h7-10,13-16,18,23H,4-6,11-12H2,1-3H3,(H,26,32)(H,28,31)/t18-,23-/m0/s1. The Kier molecular flexibility index (Phi) is 6.44. The summed E-state index contributed by atoms with van der Waals surface area (Å²) in [6.07, 6.45) is 6.72. The molecule has 0 unspecified atom stereocenters. The van der Waals surface area contributed by atoms with Gasteiger partial charge in [-0.2, -0.15) is 0 Å². The summed E-state index contributed by atoms with van der Waals surface area (Å²) in [6.45, 7) is 8.05. The third-order valence-electron chi connectivity index (χ3n) is 6.22. The Labute approximate surface area is 188 Å². The van der Waals surface area contributed by atoms with Crippen molar-refractivity contribution in [1.82, 2.24) is 14.7 Å². The lowest BCUT2D eigenvalue weighted by atomic mass is 9.98. The van der Waals surface area contributed by atoms with Crippen LogP contribution in [0.3, 0.4) is 0 Å². The van der Waals surface area contributed by atoms with Gasteiger partial charge in [-0.15, -0.1) is 0 Å². The fraction of sp³-hybridized carbons (Fsp3) is 0.400. The van der Waals surface area contributed by atoms with E-state index in [4.69, 9.17) is 0 Å². The van der Waals surface area contributed by atoms with Crippen LogP contribution in [0, 0.1) is 12.8 Å². The van der Waals surface area contributed by atoms with E-state index in [1.54, 1.807) is 6.20 Å². The smallest absolute Gasteiger partial charge is 0.272 e.